The summed E-state index contributed by atoms with van der Waals surface area (Å²) in [7, 11) is 0. The molecule has 0 aliphatic heterocycles. The van der Waals surface area contributed by atoms with Crippen LogP contribution < -0.4 is 5.32 Å². The molecule has 0 bridgehead atoms. The predicted octanol–water partition coefficient (Wildman–Crippen LogP) is -0.0613. The Bertz CT molecular complexity index is 160. The molecule has 11 heavy (non-hydrogen) atoms. The van der Waals surface area contributed by atoms with Gasteiger partial charge in [-0.2, -0.15) is 11.8 Å². The van der Waals surface area contributed by atoms with E-state index in [9.17, 15) is 9.59 Å². The highest BCUT2D eigenvalue weighted by Crippen LogP contribution is 2.03. The quantitative estimate of drug-likeness (QED) is 0.631. The van der Waals surface area contributed by atoms with Crippen LogP contribution in [0, 0.1) is 0 Å². The van der Waals surface area contributed by atoms with Crippen molar-refractivity contribution in [2.24, 2.45) is 0 Å². The maximum atomic E-state index is 10.9. The average molecular weight is 177 g/mol. The standard InChI is InChI=1S/C6H11NO3S/c1-4(11-2)6(10)7-3-5(8)9/h4H,3H2,1-2H3,(H,7,10)(H,8,9)/t4-/m1/s1. The van der Waals surface area contributed by atoms with Gasteiger partial charge in [0.15, 0.2) is 0 Å². The van der Waals surface area contributed by atoms with E-state index in [1.54, 1.807) is 13.2 Å². The minimum atomic E-state index is -1.02. The van der Waals surface area contributed by atoms with Gasteiger partial charge in [0.2, 0.25) is 5.91 Å². The van der Waals surface area contributed by atoms with Gasteiger partial charge >= 0.3 is 5.97 Å². The molecule has 0 aromatic carbocycles. The first-order chi connectivity index (χ1) is 5.07. The summed E-state index contributed by atoms with van der Waals surface area (Å²) in [5.41, 5.74) is 0. The Morgan fingerprint density at radius 2 is 2.18 bits per heavy atom. The fourth-order valence-electron chi connectivity index (χ4n) is 0.413. The van der Waals surface area contributed by atoms with Crippen LogP contribution in [0.2, 0.25) is 0 Å². The minimum Gasteiger partial charge on any atom is -0.480 e. The second kappa shape index (κ2) is 5.01. The van der Waals surface area contributed by atoms with Crippen LogP contribution in [0.5, 0.6) is 0 Å². The third kappa shape index (κ3) is 4.66. The number of carboxylic acid groups (broad SMARTS) is 1. The van der Waals surface area contributed by atoms with Crippen molar-refractivity contribution in [1.29, 1.82) is 0 Å². The Balaban J connectivity index is 3.60. The molecule has 0 saturated heterocycles. The maximum Gasteiger partial charge on any atom is 0.322 e. The molecule has 0 spiro atoms. The number of aliphatic carboxylic acids is 1. The minimum absolute atomic E-state index is 0.186. The molecule has 4 nitrogen and oxygen atoms in total. The van der Waals surface area contributed by atoms with Crippen LogP contribution in [0.4, 0.5) is 0 Å². The number of carbonyl (C=O) groups is 2. The van der Waals surface area contributed by atoms with Gasteiger partial charge in [-0.1, -0.05) is 0 Å². The van der Waals surface area contributed by atoms with Gasteiger partial charge in [-0.05, 0) is 13.2 Å². The van der Waals surface area contributed by atoms with E-state index in [1.807, 2.05) is 0 Å². The predicted molar refractivity (Wildman–Crippen MR) is 43.6 cm³/mol. The Kier molecular flexibility index (Phi) is 4.69. The van der Waals surface area contributed by atoms with Gasteiger partial charge in [-0.3, -0.25) is 9.59 Å². The topological polar surface area (TPSA) is 66.4 Å². The Labute approximate surface area is 69.4 Å². The summed E-state index contributed by atoms with van der Waals surface area (Å²) in [6.45, 7) is 1.42. The lowest BCUT2D eigenvalue weighted by Gasteiger charge is -2.06. The zero-order chi connectivity index (χ0) is 8.85. The highest BCUT2D eigenvalue weighted by Gasteiger charge is 2.10. The molecule has 0 fully saturated rings. The second-order valence-electron chi connectivity index (χ2n) is 1.99. The summed E-state index contributed by atoms with van der Waals surface area (Å²) in [6, 6.07) is 0. The smallest absolute Gasteiger partial charge is 0.322 e. The van der Waals surface area contributed by atoms with E-state index in [2.05, 4.69) is 5.32 Å². The summed E-state index contributed by atoms with van der Waals surface area (Å²) in [5.74, 6) is -1.26. The molecule has 0 saturated carbocycles. The highest BCUT2D eigenvalue weighted by molar-refractivity contribution is 7.99. The molecular weight excluding hydrogens is 166 g/mol. The highest BCUT2D eigenvalue weighted by atomic mass is 32.2. The first-order valence-corrected chi connectivity index (χ1v) is 4.39. The van der Waals surface area contributed by atoms with E-state index in [0.717, 1.165) is 0 Å². The fourth-order valence-corrected chi connectivity index (χ4v) is 0.711. The summed E-state index contributed by atoms with van der Waals surface area (Å²) >= 11 is 1.38. The SMILES string of the molecule is CS[C@H](C)C(=O)NCC(=O)O. The number of carboxylic acids is 1. The summed E-state index contributed by atoms with van der Waals surface area (Å²) in [6.07, 6.45) is 1.80. The first-order valence-electron chi connectivity index (χ1n) is 3.10. The molecule has 2 N–H and O–H groups in total. The second-order valence-corrected chi connectivity index (χ2v) is 3.17. The van der Waals surface area contributed by atoms with E-state index in [0.29, 0.717) is 0 Å². The number of nitrogens with one attached hydrogen (secondary N) is 1. The molecule has 0 heterocycles. The molecule has 0 unspecified atom stereocenters. The van der Waals surface area contributed by atoms with Crippen molar-refractivity contribution < 1.29 is 14.7 Å². The lowest BCUT2D eigenvalue weighted by atomic mass is 10.4. The zero-order valence-electron chi connectivity index (χ0n) is 6.46. The molecule has 0 aromatic rings. The van der Waals surface area contributed by atoms with Crippen molar-refractivity contribution in [3.05, 3.63) is 0 Å². The number of rotatable bonds is 4. The van der Waals surface area contributed by atoms with Crippen molar-refractivity contribution in [2.75, 3.05) is 12.8 Å². The Morgan fingerprint density at radius 1 is 1.64 bits per heavy atom. The largest absolute Gasteiger partial charge is 0.480 e. The zero-order valence-corrected chi connectivity index (χ0v) is 7.27. The Hall–Kier alpha value is -0.710. The average Bonchev–Trinajstić information content (AvgIpc) is 1.98. The molecule has 1 atom stereocenters. The van der Waals surface area contributed by atoms with Crippen LogP contribution in [0.3, 0.4) is 0 Å². The van der Waals surface area contributed by atoms with Crippen molar-refractivity contribution in [1.82, 2.24) is 5.32 Å². The number of thioether (sulfide) groups is 1. The van der Waals surface area contributed by atoms with Crippen molar-refractivity contribution in [3.63, 3.8) is 0 Å². The molecule has 0 aliphatic rings. The normalized spacial score (nSPS) is 12.2. The van der Waals surface area contributed by atoms with Crippen molar-refractivity contribution >= 4 is 23.6 Å². The van der Waals surface area contributed by atoms with Crippen LogP contribution >= 0.6 is 11.8 Å². The van der Waals surface area contributed by atoms with Crippen LogP contribution in [-0.4, -0.2) is 35.0 Å². The van der Waals surface area contributed by atoms with Crippen LogP contribution in [0.1, 0.15) is 6.92 Å². The Morgan fingerprint density at radius 3 is 2.55 bits per heavy atom. The van der Waals surface area contributed by atoms with Crippen molar-refractivity contribution in [2.45, 2.75) is 12.2 Å². The lowest BCUT2D eigenvalue weighted by molar-refractivity contribution is -0.137. The summed E-state index contributed by atoms with van der Waals surface area (Å²) in [5, 5.41) is 10.3. The van der Waals surface area contributed by atoms with E-state index in [4.69, 9.17) is 5.11 Å². The summed E-state index contributed by atoms with van der Waals surface area (Å²) < 4.78 is 0. The van der Waals surface area contributed by atoms with E-state index in [-0.39, 0.29) is 17.7 Å². The van der Waals surface area contributed by atoms with Crippen LogP contribution in [0.25, 0.3) is 0 Å². The van der Waals surface area contributed by atoms with E-state index >= 15 is 0 Å². The third-order valence-electron chi connectivity index (χ3n) is 1.14. The molecule has 0 radical (unpaired) electrons. The molecule has 0 rings (SSSR count). The third-order valence-corrected chi connectivity index (χ3v) is 2.06. The lowest BCUT2D eigenvalue weighted by Crippen LogP contribution is -2.34. The first kappa shape index (κ1) is 10.3. The molecule has 5 heteroatoms. The van der Waals surface area contributed by atoms with Crippen molar-refractivity contribution in [3.8, 4) is 0 Å². The molecule has 0 aliphatic carbocycles. The number of hydrogen-bond acceptors (Lipinski definition) is 3. The van der Waals surface area contributed by atoms with E-state index < -0.39 is 5.97 Å². The molecule has 1 amide bonds. The van der Waals surface area contributed by atoms with Gasteiger partial charge in [0, 0.05) is 0 Å². The van der Waals surface area contributed by atoms with Gasteiger partial charge in [-0.25, -0.2) is 0 Å². The number of hydrogen-bond donors (Lipinski definition) is 2. The molecule has 64 valence electrons. The molecular formula is C6H11NO3S. The van der Waals surface area contributed by atoms with E-state index in [1.165, 1.54) is 11.8 Å². The number of carbonyl (C=O) groups excluding carboxylic acids is 1. The van der Waals surface area contributed by atoms with Gasteiger partial charge in [0.05, 0.1) is 5.25 Å². The fraction of sp³-hybridized carbons (Fsp3) is 0.667. The van der Waals surface area contributed by atoms with Gasteiger partial charge in [0.1, 0.15) is 6.54 Å². The van der Waals surface area contributed by atoms with Crippen LogP contribution in [-0.2, 0) is 9.59 Å². The van der Waals surface area contributed by atoms with Gasteiger partial charge in [-0.15, -0.1) is 0 Å². The van der Waals surface area contributed by atoms with Crippen LogP contribution in [0.15, 0.2) is 0 Å². The number of amides is 1. The maximum absolute atomic E-state index is 10.9. The van der Waals surface area contributed by atoms with Gasteiger partial charge in [0.25, 0.3) is 0 Å². The monoisotopic (exact) mass is 177 g/mol. The van der Waals surface area contributed by atoms with Gasteiger partial charge < -0.3 is 10.4 Å². The molecule has 0 aromatic heterocycles. The summed E-state index contributed by atoms with van der Waals surface area (Å²) in [4.78, 5) is 20.9.